The van der Waals surface area contributed by atoms with Crippen molar-refractivity contribution in [2.75, 3.05) is 32.5 Å². The Bertz CT molecular complexity index is 881. The van der Waals surface area contributed by atoms with E-state index in [0.29, 0.717) is 23.3 Å². The second-order valence-electron chi connectivity index (χ2n) is 7.14. The van der Waals surface area contributed by atoms with Crippen molar-refractivity contribution in [1.29, 1.82) is 0 Å². The molecule has 0 spiro atoms. The highest BCUT2D eigenvalue weighted by atomic mass is 32.2. The number of aromatic nitrogens is 2. The van der Waals surface area contributed by atoms with Gasteiger partial charge in [0.15, 0.2) is 0 Å². The Morgan fingerprint density at radius 2 is 2.10 bits per heavy atom. The Kier molecular flexibility index (Phi) is 8.12. The summed E-state index contributed by atoms with van der Waals surface area (Å²) in [6.07, 6.45) is 4.35. The van der Waals surface area contributed by atoms with Gasteiger partial charge in [-0.05, 0) is 63.0 Å². The van der Waals surface area contributed by atoms with Crippen LogP contribution >= 0.6 is 11.8 Å². The van der Waals surface area contributed by atoms with Gasteiger partial charge in [-0.1, -0.05) is 0 Å². The van der Waals surface area contributed by atoms with Gasteiger partial charge in [0.2, 0.25) is 5.88 Å². The van der Waals surface area contributed by atoms with Crippen molar-refractivity contribution in [3.05, 3.63) is 41.2 Å². The number of piperidine rings is 1. The van der Waals surface area contributed by atoms with E-state index in [0.717, 1.165) is 36.8 Å². The van der Waals surface area contributed by atoms with E-state index in [1.54, 1.807) is 18.6 Å². The number of fused-ring (bicyclic) bond motifs is 1. The third-order valence-corrected chi connectivity index (χ3v) is 6.34. The van der Waals surface area contributed by atoms with E-state index < -0.39 is 6.43 Å². The summed E-state index contributed by atoms with van der Waals surface area (Å²) < 4.78 is 32.7. The Morgan fingerprint density at radius 1 is 1.33 bits per heavy atom. The maximum absolute atomic E-state index is 13.3. The molecule has 1 fully saturated rings. The maximum atomic E-state index is 13.3. The summed E-state index contributed by atoms with van der Waals surface area (Å²) in [5.41, 5.74) is 6.55. The Balaban J connectivity index is 1.61. The first kappa shape index (κ1) is 22.6. The van der Waals surface area contributed by atoms with Crippen LogP contribution in [0.2, 0.25) is 0 Å². The predicted octanol–water partition coefficient (Wildman–Crippen LogP) is 3.59. The number of rotatable bonds is 9. The van der Waals surface area contributed by atoms with Crippen molar-refractivity contribution >= 4 is 29.4 Å². The van der Waals surface area contributed by atoms with E-state index in [1.165, 1.54) is 11.8 Å². The second kappa shape index (κ2) is 10.8. The van der Waals surface area contributed by atoms with Crippen LogP contribution in [-0.4, -0.2) is 66.5 Å². The number of thioether (sulfide) groups is 1. The topological polar surface area (TPSA) is 76.6 Å². The number of allylic oxidation sites excluding steroid dienone is 1. The number of nitrogens with two attached hydrogens (primary N) is 1. The molecule has 0 aromatic carbocycles. The molecule has 6 nitrogen and oxygen atoms in total. The number of hydrogen-bond donors (Lipinski definition) is 1. The molecule has 0 aliphatic carbocycles. The Hall–Kier alpha value is -2.10. The van der Waals surface area contributed by atoms with Crippen molar-refractivity contribution in [3.63, 3.8) is 0 Å². The third-order valence-electron chi connectivity index (χ3n) is 5.41. The molecule has 1 aliphatic heterocycles. The van der Waals surface area contributed by atoms with Crippen molar-refractivity contribution in [1.82, 2.24) is 14.9 Å². The zero-order chi connectivity index (χ0) is 21.5. The molecule has 1 unspecified atom stereocenters. The van der Waals surface area contributed by atoms with Crippen molar-refractivity contribution in [2.45, 2.75) is 25.3 Å². The summed E-state index contributed by atoms with van der Waals surface area (Å²) >= 11 is 1.27. The normalized spacial score (nSPS) is 17.8. The molecule has 0 amide bonds. The standard InChI is InChI=1S/C21H27F2N5OS/c1-25-18(20(22)23)19(30-2)17(12-24)28-10-6-14(7-11-28)13-29-21-15-4-3-8-26-16(15)5-9-27-21/h3-5,8-9,14,17,20H,1,6-7,10-13,24H2,2H3/b19-18-. The zero-order valence-corrected chi connectivity index (χ0v) is 17.8. The predicted molar refractivity (Wildman–Crippen MR) is 118 cm³/mol. The molecule has 0 saturated carbocycles. The van der Waals surface area contributed by atoms with Gasteiger partial charge in [-0.15, -0.1) is 11.8 Å². The van der Waals surface area contributed by atoms with Gasteiger partial charge < -0.3 is 10.5 Å². The van der Waals surface area contributed by atoms with E-state index in [-0.39, 0.29) is 18.3 Å². The van der Waals surface area contributed by atoms with Gasteiger partial charge in [-0.2, -0.15) is 0 Å². The van der Waals surface area contributed by atoms with Crippen molar-refractivity contribution in [2.24, 2.45) is 16.6 Å². The average molecular weight is 436 g/mol. The van der Waals surface area contributed by atoms with Crippen LogP contribution in [0.3, 0.4) is 0 Å². The summed E-state index contributed by atoms with van der Waals surface area (Å²) in [5, 5.41) is 0.895. The van der Waals surface area contributed by atoms with Gasteiger partial charge in [0.25, 0.3) is 6.43 Å². The minimum atomic E-state index is -2.66. The van der Waals surface area contributed by atoms with Crippen molar-refractivity contribution in [3.8, 4) is 5.88 Å². The van der Waals surface area contributed by atoms with Crippen LogP contribution in [0, 0.1) is 5.92 Å². The maximum Gasteiger partial charge on any atom is 0.281 e. The molecular formula is C21H27F2N5OS. The summed E-state index contributed by atoms with van der Waals surface area (Å²) in [7, 11) is 0. The van der Waals surface area contributed by atoms with Crippen LogP contribution < -0.4 is 10.5 Å². The van der Waals surface area contributed by atoms with Gasteiger partial charge in [0.1, 0.15) is 5.70 Å². The zero-order valence-electron chi connectivity index (χ0n) is 17.0. The highest BCUT2D eigenvalue weighted by molar-refractivity contribution is 8.02. The number of ether oxygens (including phenoxy) is 1. The van der Waals surface area contributed by atoms with Gasteiger partial charge in [0.05, 0.1) is 23.6 Å². The quantitative estimate of drug-likeness (QED) is 0.607. The molecule has 0 bridgehead atoms. The minimum Gasteiger partial charge on any atom is -0.477 e. The molecule has 162 valence electrons. The highest BCUT2D eigenvalue weighted by Gasteiger charge is 2.30. The minimum absolute atomic E-state index is 0.260. The largest absolute Gasteiger partial charge is 0.477 e. The molecule has 2 aromatic rings. The number of likely N-dealkylation sites (tertiary alicyclic amines) is 1. The van der Waals surface area contributed by atoms with Gasteiger partial charge >= 0.3 is 0 Å². The van der Waals surface area contributed by atoms with Gasteiger partial charge in [-0.3, -0.25) is 14.9 Å². The summed E-state index contributed by atoms with van der Waals surface area (Å²) in [6.45, 7) is 5.66. The van der Waals surface area contributed by atoms with Crippen LogP contribution in [-0.2, 0) is 0 Å². The molecule has 30 heavy (non-hydrogen) atoms. The molecule has 1 saturated heterocycles. The lowest BCUT2D eigenvalue weighted by atomic mass is 9.96. The molecule has 2 N–H and O–H groups in total. The molecule has 1 atom stereocenters. The molecule has 3 heterocycles. The van der Waals surface area contributed by atoms with Crippen LogP contribution in [0.4, 0.5) is 8.78 Å². The first-order chi connectivity index (χ1) is 14.6. The molecular weight excluding hydrogens is 408 g/mol. The number of halogens is 2. The number of alkyl halides is 2. The SMILES string of the molecule is C=N/C(=C(\SC)C(CN)N1CCC(COc2nccc3ncccc23)CC1)C(F)F. The summed E-state index contributed by atoms with van der Waals surface area (Å²) in [6, 6.07) is 5.40. The number of aliphatic imine (C=N–C) groups is 1. The lowest BCUT2D eigenvalue weighted by Gasteiger charge is -2.38. The number of hydrogen-bond acceptors (Lipinski definition) is 7. The molecule has 1 aliphatic rings. The highest BCUT2D eigenvalue weighted by Crippen LogP contribution is 2.31. The molecule has 3 rings (SSSR count). The van der Waals surface area contributed by atoms with E-state index in [9.17, 15) is 8.78 Å². The first-order valence-corrected chi connectivity index (χ1v) is 11.1. The monoisotopic (exact) mass is 435 g/mol. The summed E-state index contributed by atoms with van der Waals surface area (Å²) in [5.74, 6) is 0.955. The van der Waals surface area contributed by atoms with E-state index >= 15 is 0 Å². The lowest BCUT2D eigenvalue weighted by Crippen LogP contribution is -2.46. The number of pyridine rings is 2. The van der Waals surface area contributed by atoms with Crippen LogP contribution in [0.5, 0.6) is 5.88 Å². The number of nitrogens with zero attached hydrogens (tertiary/aromatic N) is 4. The Labute approximate surface area is 179 Å². The molecule has 2 aromatic heterocycles. The van der Waals surface area contributed by atoms with Crippen LogP contribution in [0.25, 0.3) is 10.9 Å². The van der Waals surface area contributed by atoms with E-state index in [1.807, 2.05) is 18.2 Å². The van der Waals surface area contributed by atoms with E-state index in [4.69, 9.17) is 10.5 Å². The van der Waals surface area contributed by atoms with Gasteiger partial charge in [-0.25, -0.2) is 13.8 Å². The lowest BCUT2D eigenvalue weighted by molar-refractivity contribution is 0.120. The van der Waals surface area contributed by atoms with Gasteiger partial charge in [0, 0.05) is 23.8 Å². The third kappa shape index (κ3) is 5.14. The molecule has 0 radical (unpaired) electrons. The summed E-state index contributed by atoms with van der Waals surface area (Å²) in [4.78, 5) is 14.9. The smallest absolute Gasteiger partial charge is 0.281 e. The Morgan fingerprint density at radius 3 is 2.73 bits per heavy atom. The molecule has 9 heteroatoms. The van der Waals surface area contributed by atoms with E-state index in [2.05, 4.69) is 26.6 Å². The fourth-order valence-electron chi connectivity index (χ4n) is 3.81. The fraction of sp³-hybridized carbons (Fsp3) is 0.476. The van der Waals surface area contributed by atoms with Crippen LogP contribution in [0.1, 0.15) is 12.8 Å². The second-order valence-corrected chi connectivity index (χ2v) is 7.99. The van der Waals surface area contributed by atoms with Crippen LogP contribution in [0.15, 0.2) is 46.2 Å². The first-order valence-electron chi connectivity index (χ1n) is 9.88. The van der Waals surface area contributed by atoms with Crippen molar-refractivity contribution < 1.29 is 13.5 Å². The average Bonchev–Trinajstić information content (AvgIpc) is 2.78. The fourth-order valence-corrected chi connectivity index (χ4v) is 4.69.